The molecule has 9 heteroatoms. The van der Waals surface area contributed by atoms with Crippen LogP contribution >= 0.6 is 11.8 Å². The maximum atomic E-state index is 11.7. The van der Waals surface area contributed by atoms with E-state index in [-0.39, 0.29) is 16.1 Å². The van der Waals surface area contributed by atoms with Crippen LogP contribution in [0.15, 0.2) is 96.8 Å². The summed E-state index contributed by atoms with van der Waals surface area (Å²) in [6, 6.07) is 27.0. The van der Waals surface area contributed by atoms with E-state index in [0.29, 0.717) is 48.2 Å². The highest BCUT2D eigenvalue weighted by atomic mass is 32.2. The summed E-state index contributed by atoms with van der Waals surface area (Å²) in [4.78, 5) is 33.8. The van der Waals surface area contributed by atoms with Crippen molar-refractivity contribution >= 4 is 34.1 Å². The first-order valence-corrected chi connectivity index (χ1v) is 12.7. The smallest absolute Gasteiger partial charge is 0.291 e. The van der Waals surface area contributed by atoms with Gasteiger partial charge in [0.25, 0.3) is 5.24 Å². The molecule has 0 aliphatic carbocycles. The average molecular weight is 525 g/mol. The number of hydrogen-bond acceptors (Lipinski definition) is 8. The standard InChI is InChI=1S/C29H24N4O4S/c1-33(17-18-36-23-11-7-20(8-12-23)19-25-27(34)38-29(35)31-25)28-30-16-15-26(32-28)37-24-13-9-22(10-14-24)21-5-3-2-4-6-21/h2-16,19H,17-18H2,1H3,(H,31,35). The van der Waals surface area contributed by atoms with E-state index in [1.165, 1.54) is 0 Å². The topological polar surface area (TPSA) is 93.7 Å². The number of benzene rings is 3. The van der Waals surface area contributed by atoms with Crippen molar-refractivity contribution < 1.29 is 19.1 Å². The van der Waals surface area contributed by atoms with Crippen LogP contribution in [0.25, 0.3) is 17.2 Å². The van der Waals surface area contributed by atoms with Crippen LogP contribution in [0.5, 0.6) is 17.4 Å². The first-order valence-electron chi connectivity index (χ1n) is 11.9. The van der Waals surface area contributed by atoms with Gasteiger partial charge in [-0.3, -0.25) is 9.59 Å². The summed E-state index contributed by atoms with van der Waals surface area (Å²) in [7, 11) is 1.89. The number of amides is 1. The molecule has 0 spiro atoms. The number of carbonyl (C=O) groups excluding carboxylic acids is 2. The quantitative estimate of drug-likeness (QED) is 0.276. The van der Waals surface area contributed by atoms with Crippen molar-refractivity contribution in [3.05, 3.63) is 102 Å². The minimum absolute atomic E-state index is 0.281. The lowest BCUT2D eigenvalue weighted by molar-refractivity contribution is -0.107. The maximum Gasteiger partial charge on any atom is 0.291 e. The van der Waals surface area contributed by atoms with Gasteiger partial charge in [0.1, 0.15) is 18.1 Å². The fourth-order valence-electron chi connectivity index (χ4n) is 3.69. The van der Waals surface area contributed by atoms with Crippen LogP contribution in [0.3, 0.4) is 0 Å². The van der Waals surface area contributed by atoms with Gasteiger partial charge in [-0.05, 0) is 47.0 Å². The van der Waals surface area contributed by atoms with Crippen molar-refractivity contribution in [3.63, 3.8) is 0 Å². The molecule has 1 aromatic heterocycles. The van der Waals surface area contributed by atoms with Crippen molar-refractivity contribution in [2.24, 2.45) is 0 Å². The Hall–Kier alpha value is -4.63. The monoisotopic (exact) mass is 524 g/mol. The molecule has 0 bridgehead atoms. The lowest BCUT2D eigenvalue weighted by Crippen LogP contribution is -2.25. The number of rotatable bonds is 9. The van der Waals surface area contributed by atoms with Crippen molar-refractivity contribution in [2.75, 3.05) is 25.1 Å². The molecule has 3 aromatic carbocycles. The summed E-state index contributed by atoms with van der Waals surface area (Å²) in [6.07, 6.45) is 3.30. The van der Waals surface area contributed by atoms with Crippen molar-refractivity contribution in [1.29, 1.82) is 0 Å². The van der Waals surface area contributed by atoms with E-state index in [1.807, 2.05) is 78.7 Å². The van der Waals surface area contributed by atoms with Crippen LogP contribution in [0.4, 0.5) is 10.7 Å². The van der Waals surface area contributed by atoms with Gasteiger partial charge < -0.3 is 19.7 Å². The molecule has 38 heavy (non-hydrogen) atoms. The van der Waals surface area contributed by atoms with Crippen molar-refractivity contribution in [1.82, 2.24) is 15.3 Å². The van der Waals surface area contributed by atoms with Crippen LogP contribution in [0.2, 0.25) is 0 Å². The molecule has 1 saturated heterocycles. The lowest BCUT2D eigenvalue weighted by atomic mass is 10.1. The predicted octanol–water partition coefficient (Wildman–Crippen LogP) is 5.78. The van der Waals surface area contributed by atoms with E-state index < -0.39 is 0 Å². The lowest BCUT2D eigenvalue weighted by Gasteiger charge is -2.18. The minimum atomic E-state index is -0.358. The van der Waals surface area contributed by atoms with Gasteiger partial charge >= 0.3 is 0 Å². The molecular weight excluding hydrogens is 500 g/mol. The number of likely N-dealkylation sites (N-methyl/N-ethyl adjacent to an activating group) is 1. The highest BCUT2D eigenvalue weighted by Gasteiger charge is 2.25. The van der Waals surface area contributed by atoms with E-state index in [9.17, 15) is 9.59 Å². The van der Waals surface area contributed by atoms with Crippen LogP contribution in [-0.4, -0.2) is 40.5 Å². The average Bonchev–Trinajstić information content (AvgIpc) is 3.26. The second kappa shape index (κ2) is 11.6. The number of carbonyl (C=O) groups is 2. The van der Waals surface area contributed by atoms with Crippen LogP contribution in [-0.2, 0) is 4.79 Å². The Balaban J connectivity index is 1.13. The fourth-order valence-corrected chi connectivity index (χ4v) is 4.24. The molecule has 1 aliphatic heterocycles. The van der Waals surface area contributed by atoms with Gasteiger partial charge in [-0.2, -0.15) is 4.98 Å². The molecule has 1 fully saturated rings. The van der Waals surface area contributed by atoms with Gasteiger partial charge in [0.05, 0.1) is 12.2 Å². The Bertz CT molecular complexity index is 1460. The molecule has 4 aromatic rings. The van der Waals surface area contributed by atoms with E-state index in [2.05, 4.69) is 27.4 Å². The first-order chi connectivity index (χ1) is 18.5. The largest absolute Gasteiger partial charge is 0.492 e. The number of ether oxygens (including phenoxy) is 2. The number of anilines is 1. The van der Waals surface area contributed by atoms with Gasteiger partial charge in [0.2, 0.25) is 16.9 Å². The molecule has 1 amide bonds. The zero-order chi connectivity index (χ0) is 26.3. The number of aromatic nitrogens is 2. The van der Waals surface area contributed by atoms with E-state index in [1.54, 1.807) is 18.3 Å². The third-order valence-electron chi connectivity index (χ3n) is 5.67. The van der Waals surface area contributed by atoms with Gasteiger partial charge in [-0.1, -0.05) is 54.6 Å². The van der Waals surface area contributed by atoms with Crippen LogP contribution in [0, 0.1) is 0 Å². The molecule has 0 unspecified atom stereocenters. The normalized spacial score (nSPS) is 13.9. The second-order valence-corrected chi connectivity index (χ2v) is 9.33. The number of nitrogens with one attached hydrogen (secondary N) is 1. The summed E-state index contributed by atoms with van der Waals surface area (Å²) < 4.78 is 11.8. The molecular formula is C29H24N4O4S. The SMILES string of the molecule is CN(CCOc1ccc(C=C2NC(=O)SC2=O)cc1)c1nccc(Oc2ccc(-c3ccccc3)cc2)n1. The zero-order valence-corrected chi connectivity index (χ0v) is 21.4. The van der Waals surface area contributed by atoms with Gasteiger partial charge in [-0.15, -0.1) is 0 Å². The Morgan fingerprint density at radius 1 is 0.895 bits per heavy atom. The Morgan fingerprint density at radius 3 is 2.32 bits per heavy atom. The third kappa shape index (κ3) is 6.37. The number of nitrogens with zero attached hydrogens (tertiary/aromatic N) is 3. The Kier molecular flexibility index (Phi) is 7.65. The fraction of sp³-hybridized carbons (Fsp3) is 0.103. The summed E-state index contributed by atoms with van der Waals surface area (Å²) in [5.41, 5.74) is 3.34. The highest BCUT2D eigenvalue weighted by molar-refractivity contribution is 8.27. The number of hydrogen-bond donors (Lipinski definition) is 1. The Labute approximate surface area is 224 Å². The van der Waals surface area contributed by atoms with Gasteiger partial charge in [-0.25, -0.2) is 4.98 Å². The predicted molar refractivity (Wildman–Crippen MR) is 148 cm³/mol. The molecule has 8 nitrogen and oxygen atoms in total. The third-order valence-corrected chi connectivity index (χ3v) is 6.36. The second-order valence-electron chi connectivity index (χ2n) is 8.39. The van der Waals surface area contributed by atoms with Crippen LogP contribution < -0.4 is 19.7 Å². The summed E-state index contributed by atoms with van der Waals surface area (Å²) in [5.74, 6) is 2.36. The van der Waals surface area contributed by atoms with E-state index in [4.69, 9.17) is 9.47 Å². The highest BCUT2D eigenvalue weighted by Crippen LogP contribution is 2.26. The summed E-state index contributed by atoms with van der Waals surface area (Å²) in [5, 5.41) is 1.89. The van der Waals surface area contributed by atoms with E-state index >= 15 is 0 Å². The summed E-state index contributed by atoms with van der Waals surface area (Å²) >= 11 is 0.659. The molecule has 0 atom stereocenters. The van der Waals surface area contributed by atoms with Crippen molar-refractivity contribution in [2.45, 2.75) is 0 Å². The molecule has 2 heterocycles. The van der Waals surface area contributed by atoms with Gasteiger partial charge in [0, 0.05) is 31.1 Å². The minimum Gasteiger partial charge on any atom is -0.492 e. The molecule has 0 saturated carbocycles. The van der Waals surface area contributed by atoms with Crippen LogP contribution in [0.1, 0.15) is 5.56 Å². The zero-order valence-electron chi connectivity index (χ0n) is 20.5. The molecule has 5 rings (SSSR count). The summed E-state index contributed by atoms with van der Waals surface area (Å²) in [6.45, 7) is 0.969. The molecule has 1 aliphatic rings. The molecule has 0 radical (unpaired) electrons. The van der Waals surface area contributed by atoms with E-state index in [0.717, 1.165) is 16.7 Å². The Morgan fingerprint density at radius 2 is 1.61 bits per heavy atom. The molecule has 190 valence electrons. The van der Waals surface area contributed by atoms with Gasteiger partial charge in [0.15, 0.2) is 0 Å². The first kappa shape index (κ1) is 25.0. The maximum absolute atomic E-state index is 11.7. The molecule has 1 N–H and O–H groups in total. The number of thioether (sulfide) groups is 1. The van der Waals surface area contributed by atoms with Crippen molar-refractivity contribution in [3.8, 4) is 28.5 Å².